The lowest BCUT2D eigenvalue weighted by Gasteiger charge is -2.26. The number of rotatable bonds is 13. The van der Waals surface area contributed by atoms with Crippen LogP contribution in [0.3, 0.4) is 0 Å². The summed E-state index contributed by atoms with van der Waals surface area (Å²) in [5.41, 5.74) is 3.06. The van der Waals surface area contributed by atoms with Crippen molar-refractivity contribution in [3.8, 4) is 11.3 Å². The first kappa shape index (κ1) is 21.8. The van der Waals surface area contributed by atoms with Gasteiger partial charge >= 0.3 is 0 Å². The van der Waals surface area contributed by atoms with Crippen LogP contribution >= 0.6 is 0 Å². The number of nitrogens with zero attached hydrogens (tertiary/aromatic N) is 3. The number of aromatic nitrogens is 1. The first-order chi connectivity index (χ1) is 14.2. The van der Waals surface area contributed by atoms with E-state index in [-0.39, 0.29) is 0 Å². The van der Waals surface area contributed by atoms with Gasteiger partial charge in [0, 0.05) is 44.9 Å². The van der Waals surface area contributed by atoms with E-state index in [0.717, 1.165) is 48.3 Å². The molecule has 3 rings (SSSR count). The third kappa shape index (κ3) is 6.04. The van der Waals surface area contributed by atoms with Crippen molar-refractivity contribution in [3.63, 3.8) is 0 Å². The summed E-state index contributed by atoms with van der Waals surface area (Å²) in [6.07, 6.45) is 2.05. The number of hydrogen-bond acceptors (Lipinski definition) is 6. The van der Waals surface area contributed by atoms with Crippen molar-refractivity contribution in [1.82, 2.24) is 10.1 Å². The van der Waals surface area contributed by atoms with Crippen molar-refractivity contribution >= 4 is 5.88 Å². The Morgan fingerprint density at radius 3 is 2.52 bits per heavy atom. The quantitative estimate of drug-likeness (QED) is 0.551. The lowest BCUT2D eigenvalue weighted by molar-refractivity contribution is 0.0187. The third-order valence-electron chi connectivity index (χ3n) is 5.44. The molecule has 0 radical (unpaired) electrons. The minimum atomic E-state index is -0.495. The van der Waals surface area contributed by atoms with Gasteiger partial charge in [-0.15, -0.1) is 0 Å². The van der Waals surface area contributed by atoms with Gasteiger partial charge in [0.15, 0.2) is 0 Å². The Labute approximate surface area is 174 Å². The van der Waals surface area contributed by atoms with Gasteiger partial charge in [0.05, 0.1) is 18.3 Å². The van der Waals surface area contributed by atoms with Gasteiger partial charge in [0.25, 0.3) is 0 Å². The molecule has 6 heteroatoms. The van der Waals surface area contributed by atoms with Gasteiger partial charge in [-0.3, -0.25) is 4.90 Å². The molecule has 0 spiro atoms. The highest BCUT2D eigenvalue weighted by Crippen LogP contribution is 2.35. The van der Waals surface area contributed by atoms with Gasteiger partial charge in [-0.25, -0.2) is 0 Å². The fraction of sp³-hybridized carbons (Fsp3) is 0.609. The Morgan fingerprint density at radius 1 is 1.17 bits per heavy atom. The molecule has 1 heterocycles. The van der Waals surface area contributed by atoms with E-state index in [1.54, 1.807) is 0 Å². The zero-order chi connectivity index (χ0) is 20.6. The van der Waals surface area contributed by atoms with Gasteiger partial charge in [0.2, 0.25) is 5.88 Å². The summed E-state index contributed by atoms with van der Waals surface area (Å²) in [6.45, 7) is 11.2. The molecule has 1 fully saturated rings. The average Bonchev–Trinajstić information content (AvgIpc) is 3.46. The van der Waals surface area contributed by atoms with Gasteiger partial charge in [-0.05, 0) is 39.5 Å². The second-order valence-corrected chi connectivity index (χ2v) is 7.80. The van der Waals surface area contributed by atoms with Gasteiger partial charge in [-0.2, -0.15) is 0 Å². The molecule has 160 valence electrons. The summed E-state index contributed by atoms with van der Waals surface area (Å²) in [6, 6.07) is 10.2. The van der Waals surface area contributed by atoms with E-state index in [0.29, 0.717) is 26.3 Å². The Morgan fingerprint density at radius 2 is 1.90 bits per heavy atom. The topological polar surface area (TPSA) is 62.0 Å². The summed E-state index contributed by atoms with van der Waals surface area (Å²) in [4.78, 5) is 4.55. The molecule has 0 bridgehead atoms. The Bertz CT molecular complexity index is 726. The second kappa shape index (κ2) is 10.8. The number of aliphatic hydroxyl groups is 1. The number of aliphatic hydroxyl groups excluding tert-OH is 1. The van der Waals surface area contributed by atoms with E-state index < -0.39 is 6.10 Å². The van der Waals surface area contributed by atoms with Crippen LogP contribution in [0, 0.1) is 5.92 Å². The summed E-state index contributed by atoms with van der Waals surface area (Å²) < 4.78 is 11.3. The SMILES string of the molecule is CCOC[C@H](O)CN(Cc1c(-c2ccccc2)noc1N(CC)CC)CC1CC1. The Kier molecular flexibility index (Phi) is 8.09. The minimum absolute atomic E-state index is 0.371. The summed E-state index contributed by atoms with van der Waals surface area (Å²) >= 11 is 0. The molecule has 1 atom stereocenters. The number of hydrogen-bond donors (Lipinski definition) is 1. The molecular formula is C23H35N3O3. The number of benzene rings is 1. The lowest BCUT2D eigenvalue weighted by Crippen LogP contribution is -2.36. The van der Waals surface area contributed by atoms with E-state index in [9.17, 15) is 5.11 Å². The molecule has 2 aromatic rings. The average molecular weight is 402 g/mol. The van der Waals surface area contributed by atoms with Crippen LogP contribution in [0.25, 0.3) is 11.3 Å². The van der Waals surface area contributed by atoms with Crippen molar-refractivity contribution in [1.29, 1.82) is 0 Å². The molecule has 6 nitrogen and oxygen atoms in total. The molecule has 1 saturated carbocycles. The summed E-state index contributed by atoms with van der Waals surface area (Å²) in [5, 5.41) is 14.9. The lowest BCUT2D eigenvalue weighted by atomic mass is 10.1. The van der Waals surface area contributed by atoms with Gasteiger partial charge in [-0.1, -0.05) is 35.5 Å². The zero-order valence-electron chi connectivity index (χ0n) is 18.0. The van der Waals surface area contributed by atoms with E-state index in [4.69, 9.17) is 9.26 Å². The zero-order valence-corrected chi connectivity index (χ0v) is 18.0. The summed E-state index contributed by atoms with van der Waals surface area (Å²) in [7, 11) is 0. The molecule has 1 N–H and O–H groups in total. The predicted octanol–water partition coefficient (Wildman–Crippen LogP) is 3.80. The minimum Gasteiger partial charge on any atom is -0.389 e. The fourth-order valence-electron chi connectivity index (χ4n) is 3.72. The number of ether oxygens (including phenoxy) is 1. The van der Waals surface area contributed by atoms with Crippen LogP contribution in [0.2, 0.25) is 0 Å². The molecule has 0 unspecified atom stereocenters. The van der Waals surface area contributed by atoms with Crippen LogP contribution in [0.4, 0.5) is 5.88 Å². The van der Waals surface area contributed by atoms with Crippen LogP contribution < -0.4 is 4.90 Å². The molecule has 0 saturated heterocycles. The standard InChI is InChI=1S/C23H35N3O3/c1-4-26(5-2)23-21(22(24-29-23)19-10-8-7-9-11-19)16-25(14-18-12-13-18)15-20(27)17-28-6-3/h7-11,18,20,27H,4-6,12-17H2,1-3H3/t20-/m1/s1. The maximum atomic E-state index is 10.5. The fourth-order valence-corrected chi connectivity index (χ4v) is 3.72. The third-order valence-corrected chi connectivity index (χ3v) is 5.44. The van der Waals surface area contributed by atoms with Crippen molar-refractivity contribution in [2.45, 2.75) is 46.3 Å². The summed E-state index contributed by atoms with van der Waals surface area (Å²) in [5.74, 6) is 1.57. The number of anilines is 1. The molecular weight excluding hydrogens is 366 g/mol. The van der Waals surface area contributed by atoms with Gasteiger partial charge in [0.1, 0.15) is 5.69 Å². The monoisotopic (exact) mass is 401 g/mol. The van der Waals surface area contributed by atoms with E-state index in [1.165, 1.54) is 12.8 Å². The highest BCUT2D eigenvalue weighted by molar-refractivity contribution is 5.68. The highest BCUT2D eigenvalue weighted by atomic mass is 16.5. The highest BCUT2D eigenvalue weighted by Gasteiger charge is 2.29. The van der Waals surface area contributed by atoms with Crippen molar-refractivity contribution in [2.24, 2.45) is 5.92 Å². The normalized spacial score (nSPS) is 15.1. The first-order valence-electron chi connectivity index (χ1n) is 10.9. The van der Waals surface area contributed by atoms with E-state index >= 15 is 0 Å². The van der Waals surface area contributed by atoms with E-state index in [2.05, 4.69) is 40.9 Å². The maximum Gasteiger partial charge on any atom is 0.232 e. The molecule has 1 aliphatic rings. The molecule has 1 aromatic carbocycles. The van der Waals surface area contributed by atoms with Crippen molar-refractivity contribution in [2.75, 3.05) is 44.3 Å². The second-order valence-electron chi connectivity index (χ2n) is 7.80. The Hall–Kier alpha value is -1.89. The predicted molar refractivity (Wildman–Crippen MR) is 116 cm³/mol. The molecule has 29 heavy (non-hydrogen) atoms. The Balaban J connectivity index is 1.87. The smallest absolute Gasteiger partial charge is 0.232 e. The molecule has 1 aromatic heterocycles. The van der Waals surface area contributed by atoms with Gasteiger partial charge < -0.3 is 19.3 Å². The van der Waals surface area contributed by atoms with E-state index in [1.807, 2.05) is 25.1 Å². The van der Waals surface area contributed by atoms with Crippen molar-refractivity contribution in [3.05, 3.63) is 35.9 Å². The van der Waals surface area contributed by atoms with Crippen LogP contribution in [0.1, 0.15) is 39.2 Å². The molecule has 0 amide bonds. The van der Waals surface area contributed by atoms with Crippen LogP contribution in [0.15, 0.2) is 34.9 Å². The van der Waals surface area contributed by atoms with Crippen LogP contribution in [-0.2, 0) is 11.3 Å². The van der Waals surface area contributed by atoms with Crippen molar-refractivity contribution < 1.29 is 14.4 Å². The largest absolute Gasteiger partial charge is 0.389 e. The van der Waals surface area contributed by atoms with Crippen LogP contribution in [-0.4, -0.2) is 60.7 Å². The van der Waals surface area contributed by atoms with Crippen LogP contribution in [0.5, 0.6) is 0 Å². The first-order valence-corrected chi connectivity index (χ1v) is 10.9. The molecule has 1 aliphatic carbocycles. The molecule has 0 aliphatic heterocycles. The maximum absolute atomic E-state index is 10.5.